The number of esters is 1. The predicted octanol–water partition coefficient (Wildman–Crippen LogP) is 2.88. The van der Waals surface area contributed by atoms with E-state index in [-0.39, 0.29) is 24.0 Å². The van der Waals surface area contributed by atoms with E-state index in [0.29, 0.717) is 23.7 Å². The van der Waals surface area contributed by atoms with Gasteiger partial charge in [0.15, 0.2) is 28.6 Å². The molecule has 2 aromatic rings. The fourth-order valence-electron chi connectivity index (χ4n) is 4.40. The fourth-order valence-corrected chi connectivity index (χ4v) is 4.40. The molecule has 0 amide bonds. The molecule has 8 heteroatoms. The molecule has 0 aliphatic carbocycles. The van der Waals surface area contributed by atoms with Crippen molar-refractivity contribution >= 4 is 5.97 Å². The normalized spacial score (nSPS) is 27.5. The Morgan fingerprint density at radius 1 is 1.00 bits per heavy atom. The van der Waals surface area contributed by atoms with E-state index in [9.17, 15) is 15.0 Å². The lowest BCUT2D eigenvalue weighted by atomic mass is 9.80. The number of phenols is 2. The van der Waals surface area contributed by atoms with E-state index < -0.39 is 23.8 Å². The first-order chi connectivity index (χ1) is 14.4. The van der Waals surface area contributed by atoms with Crippen molar-refractivity contribution in [2.75, 3.05) is 27.4 Å². The largest absolute Gasteiger partial charge is 0.504 e. The van der Waals surface area contributed by atoms with Crippen LogP contribution in [0.3, 0.4) is 0 Å². The standard InChI is InChI=1S/C22H24O8/c1-12(23)30-22-11-29-20(13-4-6-16(24)18(8-13)26-2)15(22)10-28-21(22)14-5-7-17(25)19(9-14)27-3/h4-9,15,20-21,24-25H,10-11H2,1-3H3/t15-,20+,21-,22-/m1/s1. The SMILES string of the molecule is COc1cc([C@H]2OC[C@@H]3[C@H](c4ccc(O)c(OC)c4)OC[C@]23OC(C)=O)ccc1O. The Labute approximate surface area is 173 Å². The molecule has 0 radical (unpaired) electrons. The van der Waals surface area contributed by atoms with Crippen LogP contribution in [-0.4, -0.2) is 49.2 Å². The van der Waals surface area contributed by atoms with Crippen LogP contribution in [0.2, 0.25) is 0 Å². The number of fused-ring (bicyclic) bond motifs is 1. The summed E-state index contributed by atoms with van der Waals surface area (Å²) in [6, 6.07) is 9.91. The highest BCUT2D eigenvalue weighted by atomic mass is 16.6. The molecule has 2 fully saturated rings. The summed E-state index contributed by atoms with van der Waals surface area (Å²) < 4.78 is 28.5. The van der Waals surface area contributed by atoms with E-state index in [2.05, 4.69) is 0 Å². The monoisotopic (exact) mass is 416 g/mol. The van der Waals surface area contributed by atoms with Crippen molar-refractivity contribution in [2.24, 2.45) is 5.92 Å². The van der Waals surface area contributed by atoms with Crippen LogP contribution in [0.5, 0.6) is 23.0 Å². The lowest BCUT2D eigenvalue weighted by Gasteiger charge is -2.32. The molecule has 2 aromatic carbocycles. The lowest BCUT2D eigenvalue weighted by Crippen LogP contribution is -2.43. The molecule has 30 heavy (non-hydrogen) atoms. The zero-order valence-corrected chi connectivity index (χ0v) is 17.0. The minimum absolute atomic E-state index is 0.00840. The summed E-state index contributed by atoms with van der Waals surface area (Å²) in [5, 5.41) is 19.8. The van der Waals surface area contributed by atoms with Crippen LogP contribution in [0.25, 0.3) is 0 Å². The lowest BCUT2D eigenvalue weighted by molar-refractivity contribution is -0.167. The highest BCUT2D eigenvalue weighted by Gasteiger charge is 2.62. The van der Waals surface area contributed by atoms with Gasteiger partial charge in [0.25, 0.3) is 0 Å². The van der Waals surface area contributed by atoms with E-state index in [1.165, 1.54) is 27.2 Å². The molecule has 0 saturated carbocycles. The minimum Gasteiger partial charge on any atom is -0.504 e. The molecule has 2 aliphatic heterocycles. The van der Waals surface area contributed by atoms with Gasteiger partial charge in [-0.05, 0) is 35.4 Å². The number of hydrogen-bond donors (Lipinski definition) is 2. The van der Waals surface area contributed by atoms with Crippen LogP contribution >= 0.6 is 0 Å². The summed E-state index contributed by atoms with van der Waals surface area (Å²) >= 11 is 0. The Morgan fingerprint density at radius 3 is 2.20 bits per heavy atom. The number of methoxy groups -OCH3 is 2. The van der Waals surface area contributed by atoms with Gasteiger partial charge in [0.2, 0.25) is 0 Å². The third kappa shape index (κ3) is 3.22. The average Bonchev–Trinajstić information content (AvgIpc) is 3.25. The Hall–Kier alpha value is -2.97. The van der Waals surface area contributed by atoms with Crippen LogP contribution in [0.1, 0.15) is 30.3 Å². The highest BCUT2D eigenvalue weighted by molar-refractivity contribution is 5.67. The molecule has 8 nitrogen and oxygen atoms in total. The second-order valence-corrected chi connectivity index (χ2v) is 7.46. The zero-order valence-electron chi connectivity index (χ0n) is 17.0. The first kappa shape index (κ1) is 20.3. The molecule has 0 aromatic heterocycles. The smallest absolute Gasteiger partial charge is 0.303 e. The average molecular weight is 416 g/mol. The first-order valence-electron chi connectivity index (χ1n) is 9.56. The summed E-state index contributed by atoms with van der Waals surface area (Å²) in [5.41, 5.74) is 0.459. The van der Waals surface area contributed by atoms with Gasteiger partial charge in [-0.1, -0.05) is 12.1 Å². The van der Waals surface area contributed by atoms with Crippen molar-refractivity contribution in [3.05, 3.63) is 47.5 Å². The zero-order chi connectivity index (χ0) is 21.5. The van der Waals surface area contributed by atoms with Gasteiger partial charge in [-0.25, -0.2) is 0 Å². The molecule has 2 heterocycles. The molecular formula is C22H24O8. The van der Waals surface area contributed by atoms with Gasteiger partial charge in [-0.2, -0.15) is 0 Å². The molecule has 0 spiro atoms. The topological polar surface area (TPSA) is 104 Å². The molecular weight excluding hydrogens is 392 g/mol. The summed E-state index contributed by atoms with van der Waals surface area (Å²) in [7, 11) is 2.94. The summed E-state index contributed by atoms with van der Waals surface area (Å²) in [4.78, 5) is 12.0. The maximum absolute atomic E-state index is 12.0. The number of carbonyl (C=O) groups is 1. The van der Waals surface area contributed by atoms with E-state index in [0.717, 1.165) is 5.56 Å². The van der Waals surface area contributed by atoms with E-state index in [1.807, 2.05) is 0 Å². The Bertz CT molecular complexity index is 958. The highest BCUT2D eigenvalue weighted by Crippen LogP contribution is 2.56. The number of phenolic OH excluding ortho intramolecular Hbond substituents is 2. The fraction of sp³-hybridized carbons (Fsp3) is 0.409. The van der Waals surface area contributed by atoms with Gasteiger partial charge in [0.05, 0.1) is 39.5 Å². The van der Waals surface area contributed by atoms with Gasteiger partial charge in [-0.15, -0.1) is 0 Å². The van der Waals surface area contributed by atoms with Crippen LogP contribution in [0.4, 0.5) is 0 Å². The van der Waals surface area contributed by atoms with Crippen molar-refractivity contribution in [3.8, 4) is 23.0 Å². The number of ether oxygens (including phenoxy) is 5. The molecule has 0 bridgehead atoms. The van der Waals surface area contributed by atoms with Crippen LogP contribution in [0.15, 0.2) is 36.4 Å². The number of rotatable bonds is 5. The Kier molecular flexibility index (Phi) is 5.21. The summed E-state index contributed by atoms with van der Waals surface area (Å²) in [6.45, 7) is 1.80. The number of aromatic hydroxyl groups is 2. The van der Waals surface area contributed by atoms with Crippen molar-refractivity contribution in [3.63, 3.8) is 0 Å². The predicted molar refractivity (Wildman–Crippen MR) is 105 cm³/mol. The van der Waals surface area contributed by atoms with E-state index >= 15 is 0 Å². The first-order valence-corrected chi connectivity index (χ1v) is 9.56. The second-order valence-electron chi connectivity index (χ2n) is 7.46. The molecule has 0 unspecified atom stereocenters. The molecule has 4 atom stereocenters. The van der Waals surface area contributed by atoms with Crippen LogP contribution in [-0.2, 0) is 19.0 Å². The van der Waals surface area contributed by atoms with E-state index in [4.69, 9.17) is 23.7 Å². The van der Waals surface area contributed by atoms with Crippen molar-refractivity contribution < 1.29 is 38.7 Å². The third-order valence-electron chi connectivity index (χ3n) is 5.74. The van der Waals surface area contributed by atoms with Gasteiger partial charge >= 0.3 is 5.97 Å². The Balaban J connectivity index is 1.73. The molecule has 2 aliphatic rings. The molecule has 2 N–H and O–H groups in total. The minimum atomic E-state index is -1.04. The van der Waals surface area contributed by atoms with Crippen molar-refractivity contribution in [1.82, 2.24) is 0 Å². The van der Waals surface area contributed by atoms with Crippen molar-refractivity contribution in [2.45, 2.75) is 24.7 Å². The van der Waals surface area contributed by atoms with Gasteiger partial charge in [0.1, 0.15) is 6.10 Å². The maximum Gasteiger partial charge on any atom is 0.303 e. The summed E-state index contributed by atoms with van der Waals surface area (Å²) in [5.74, 6) is -0.0402. The van der Waals surface area contributed by atoms with Crippen LogP contribution in [0, 0.1) is 5.92 Å². The number of hydrogen-bond acceptors (Lipinski definition) is 8. The van der Waals surface area contributed by atoms with Gasteiger partial charge < -0.3 is 33.9 Å². The summed E-state index contributed by atoms with van der Waals surface area (Å²) in [6.07, 6.45) is -1.01. The second kappa shape index (κ2) is 7.70. The Morgan fingerprint density at radius 2 is 1.60 bits per heavy atom. The molecule has 160 valence electrons. The maximum atomic E-state index is 12.0. The third-order valence-corrected chi connectivity index (χ3v) is 5.74. The quantitative estimate of drug-likeness (QED) is 0.717. The van der Waals surface area contributed by atoms with Crippen LogP contribution < -0.4 is 9.47 Å². The number of carbonyl (C=O) groups excluding carboxylic acids is 1. The molecule has 4 rings (SSSR count). The molecule has 2 saturated heterocycles. The van der Waals surface area contributed by atoms with Crippen molar-refractivity contribution in [1.29, 1.82) is 0 Å². The van der Waals surface area contributed by atoms with Gasteiger partial charge in [0, 0.05) is 6.92 Å². The van der Waals surface area contributed by atoms with Gasteiger partial charge in [-0.3, -0.25) is 4.79 Å². The van der Waals surface area contributed by atoms with E-state index in [1.54, 1.807) is 30.3 Å². The number of benzene rings is 2.